The quantitative estimate of drug-likeness (QED) is 0.129. The summed E-state index contributed by atoms with van der Waals surface area (Å²) in [6.45, 7) is 23.0. The molecule has 0 aliphatic carbocycles. The summed E-state index contributed by atoms with van der Waals surface area (Å²) in [6.07, 6.45) is 5.85. The summed E-state index contributed by atoms with van der Waals surface area (Å²) in [5.41, 5.74) is 10.1. The van der Waals surface area contributed by atoms with E-state index in [1.165, 1.54) is 32.6 Å². The van der Waals surface area contributed by atoms with E-state index in [0.29, 0.717) is 0 Å². The normalized spacial score (nSPS) is 12.0. The van der Waals surface area contributed by atoms with Crippen LogP contribution >= 0.6 is 0 Å². The minimum Gasteiger partial charge on any atom is -0.501 e. The van der Waals surface area contributed by atoms with E-state index in [-0.39, 0.29) is 30.9 Å². The van der Waals surface area contributed by atoms with Gasteiger partial charge >= 0.3 is 0 Å². The number of para-hydroxylation sites is 1. The average molecular weight is 817 g/mol. The van der Waals surface area contributed by atoms with Crippen LogP contribution in [-0.4, -0.2) is 18.0 Å². The van der Waals surface area contributed by atoms with Crippen LogP contribution < -0.4 is 5.19 Å². The minimum absolute atomic E-state index is 0. The number of hydrogen-bond donors (Lipinski definition) is 0. The zero-order chi connectivity index (χ0) is 33.3. The van der Waals surface area contributed by atoms with Crippen molar-refractivity contribution < 1.29 is 24.5 Å². The molecule has 3 aromatic carbocycles. The van der Waals surface area contributed by atoms with Gasteiger partial charge in [-0.15, -0.1) is 53.2 Å². The zero-order valence-corrected chi connectivity index (χ0v) is 33.0. The van der Waals surface area contributed by atoms with Crippen molar-refractivity contribution >= 4 is 35.2 Å². The van der Waals surface area contributed by atoms with E-state index in [2.05, 4.69) is 128 Å². The Hall–Kier alpha value is -3.37. The second kappa shape index (κ2) is 14.4. The van der Waals surface area contributed by atoms with Gasteiger partial charge in [0, 0.05) is 46.0 Å². The molecule has 0 aliphatic heterocycles. The molecule has 3 heterocycles. The van der Waals surface area contributed by atoms with Crippen LogP contribution in [0.3, 0.4) is 0 Å². The van der Waals surface area contributed by atoms with Crippen LogP contribution in [0.25, 0.3) is 44.5 Å². The summed E-state index contributed by atoms with van der Waals surface area (Å²) >= 11 is 0. The van der Waals surface area contributed by atoms with Gasteiger partial charge in [-0.3, -0.25) is 0 Å². The monoisotopic (exact) mass is 817 g/mol. The van der Waals surface area contributed by atoms with Crippen LogP contribution in [0.4, 0.5) is 0 Å². The smallest absolute Gasteiger partial charge is 0.120 e. The Kier molecular flexibility index (Phi) is 11.2. The number of aromatic nitrogens is 2. The number of fused-ring (bicyclic) bond motifs is 3. The fourth-order valence-corrected chi connectivity index (χ4v) is 7.48. The Balaban J connectivity index is 0.000000298. The van der Waals surface area contributed by atoms with Crippen LogP contribution in [0.1, 0.15) is 58.2 Å². The van der Waals surface area contributed by atoms with Crippen LogP contribution in [0, 0.1) is 29.9 Å². The molecule has 0 fully saturated rings. The third-order valence-corrected chi connectivity index (χ3v) is 9.89. The van der Waals surface area contributed by atoms with Crippen molar-refractivity contribution in [3.63, 3.8) is 0 Å². The molecule has 0 saturated carbocycles. The molecular weight excluding hydrogens is 769 g/mol. The number of nitrogens with zero attached hydrogens (tertiary/aromatic N) is 2. The minimum atomic E-state index is -1.60. The van der Waals surface area contributed by atoms with Gasteiger partial charge in [-0.05, 0) is 59.7 Å². The van der Waals surface area contributed by atoms with Gasteiger partial charge in [-0.25, -0.2) is 0 Å². The van der Waals surface area contributed by atoms with Crippen molar-refractivity contribution in [3.05, 3.63) is 114 Å². The Labute approximate surface area is 296 Å². The van der Waals surface area contributed by atoms with E-state index in [4.69, 9.17) is 9.40 Å². The molecule has 5 heteroatoms. The van der Waals surface area contributed by atoms with Crippen molar-refractivity contribution in [2.45, 2.75) is 80.9 Å². The molecule has 0 bridgehead atoms. The van der Waals surface area contributed by atoms with Gasteiger partial charge in [0.1, 0.15) is 5.58 Å². The third kappa shape index (κ3) is 9.16. The largest absolute Gasteiger partial charge is 0.501 e. The predicted octanol–water partition coefficient (Wildman–Crippen LogP) is 11.0. The number of furan rings is 1. The van der Waals surface area contributed by atoms with Gasteiger partial charge in [0.25, 0.3) is 0 Å². The Morgan fingerprint density at radius 2 is 1.51 bits per heavy atom. The fourth-order valence-electron chi connectivity index (χ4n) is 5.97. The molecule has 6 rings (SSSR count). The summed E-state index contributed by atoms with van der Waals surface area (Å²) in [4.78, 5) is 9.33. The second-order valence-electron chi connectivity index (χ2n) is 16.0. The maximum Gasteiger partial charge on any atom is 0.120 e. The SMILES string of the molecule is CC(C)(C)Cc1cnc(-c2[c-]cc([Si](C)(C)C)c3c2oc2ccccc23)c(CC(C)(C)C)c1.Cc1ccnc(-c2[c-]cccc2)c1.[Ir]. The first-order valence-electron chi connectivity index (χ1n) is 16.3. The molecule has 0 aliphatic rings. The van der Waals surface area contributed by atoms with E-state index >= 15 is 0 Å². The Bertz CT molecular complexity index is 1960. The molecule has 3 aromatic heterocycles. The number of pyridine rings is 2. The van der Waals surface area contributed by atoms with E-state index in [1.807, 2.05) is 42.6 Å². The summed E-state index contributed by atoms with van der Waals surface area (Å²) in [5.74, 6) is 0. The second-order valence-corrected chi connectivity index (χ2v) is 21.0. The first-order chi connectivity index (χ1) is 21.6. The van der Waals surface area contributed by atoms with Crippen LogP contribution in [0.5, 0.6) is 0 Å². The molecular formula is C42H48IrN2OSi-2. The molecule has 47 heavy (non-hydrogen) atoms. The van der Waals surface area contributed by atoms with Gasteiger partial charge in [0.05, 0.1) is 5.58 Å². The maximum absolute atomic E-state index is 6.52. The van der Waals surface area contributed by atoms with Gasteiger partial charge < -0.3 is 14.4 Å². The van der Waals surface area contributed by atoms with Crippen molar-refractivity contribution in [3.8, 4) is 22.5 Å². The van der Waals surface area contributed by atoms with Gasteiger partial charge in [-0.1, -0.05) is 114 Å². The molecule has 3 nitrogen and oxygen atoms in total. The number of aryl methyl sites for hydroxylation is 1. The molecule has 247 valence electrons. The summed E-state index contributed by atoms with van der Waals surface area (Å²) in [5, 5.41) is 3.84. The van der Waals surface area contributed by atoms with Crippen LogP contribution in [0.15, 0.2) is 89.6 Å². The number of hydrogen-bond acceptors (Lipinski definition) is 3. The van der Waals surface area contributed by atoms with Crippen LogP contribution in [0.2, 0.25) is 19.6 Å². The molecule has 6 aromatic rings. The van der Waals surface area contributed by atoms with Crippen molar-refractivity contribution in [1.29, 1.82) is 0 Å². The molecule has 0 atom stereocenters. The Morgan fingerprint density at radius 1 is 0.809 bits per heavy atom. The van der Waals surface area contributed by atoms with Crippen LogP contribution in [-0.2, 0) is 32.9 Å². The van der Waals surface area contributed by atoms with Crippen molar-refractivity contribution in [1.82, 2.24) is 9.97 Å². The molecule has 0 spiro atoms. The first kappa shape index (κ1) is 36.5. The summed E-state index contributed by atoms with van der Waals surface area (Å²) < 4.78 is 6.52. The van der Waals surface area contributed by atoms with Gasteiger partial charge in [0.15, 0.2) is 0 Å². The Morgan fingerprint density at radius 3 is 2.15 bits per heavy atom. The third-order valence-electron chi connectivity index (χ3n) is 7.88. The zero-order valence-electron chi connectivity index (χ0n) is 29.6. The molecule has 0 amide bonds. The van der Waals surface area contributed by atoms with Crippen molar-refractivity contribution in [2.24, 2.45) is 10.8 Å². The van der Waals surface area contributed by atoms with Crippen molar-refractivity contribution in [2.75, 3.05) is 0 Å². The topological polar surface area (TPSA) is 38.9 Å². The van der Waals surface area contributed by atoms with E-state index in [1.54, 1.807) is 0 Å². The molecule has 0 saturated heterocycles. The molecule has 1 radical (unpaired) electrons. The number of benzene rings is 3. The summed E-state index contributed by atoms with van der Waals surface area (Å²) in [7, 11) is -1.60. The standard InChI is InChI=1S/C30H38NOSi.C12H10N.Ir/c1-29(2,3)17-20-16-21(18-30(4,5)6)27(31-19-20)23-14-15-25(33(7,8)9)26-22-12-10-11-13-24(22)32-28(23)26;1-10-7-8-13-12(9-10)11-5-3-2-4-6-11;/h10-13,15-16,19H,17-18H2,1-9H3;2-5,7-9H,1H3;/q2*-1;. The van der Waals surface area contributed by atoms with E-state index < -0.39 is 8.07 Å². The van der Waals surface area contributed by atoms with E-state index in [0.717, 1.165) is 46.5 Å². The summed E-state index contributed by atoms with van der Waals surface area (Å²) in [6, 6.07) is 31.7. The fraction of sp³-hybridized carbons (Fsp3) is 0.333. The van der Waals surface area contributed by atoms with Gasteiger partial charge in [-0.2, -0.15) is 0 Å². The molecule has 0 unspecified atom stereocenters. The first-order valence-corrected chi connectivity index (χ1v) is 19.8. The average Bonchev–Trinajstić information content (AvgIpc) is 3.35. The molecule has 0 N–H and O–H groups in total. The van der Waals surface area contributed by atoms with E-state index in [9.17, 15) is 0 Å². The van der Waals surface area contributed by atoms with Gasteiger partial charge in [0.2, 0.25) is 0 Å². The number of rotatable bonds is 5. The maximum atomic E-state index is 6.52. The predicted molar refractivity (Wildman–Crippen MR) is 198 cm³/mol.